The van der Waals surface area contributed by atoms with Crippen molar-refractivity contribution in [2.75, 3.05) is 0 Å². The molecule has 6 N–H and O–H groups in total. The lowest BCUT2D eigenvalue weighted by molar-refractivity contribution is -0.184. The third-order valence-corrected chi connectivity index (χ3v) is 4.84. The van der Waals surface area contributed by atoms with Crippen LogP contribution in [0.1, 0.15) is 84.0 Å². The van der Waals surface area contributed by atoms with Crippen molar-refractivity contribution in [3.05, 3.63) is 12.3 Å². The molecule has 0 aromatic rings. The van der Waals surface area contributed by atoms with Crippen LogP contribution in [0.25, 0.3) is 0 Å². The van der Waals surface area contributed by atoms with E-state index in [1.54, 1.807) is 6.08 Å². The maximum atomic E-state index is 11.1. The van der Waals surface area contributed by atoms with Gasteiger partial charge in [0.2, 0.25) is 6.10 Å². The maximum Gasteiger partial charge on any atom is 0.338 e. The highest BCUT2D eigenvalue weighted by Gasteiger charge is 2.39. The molecule has 0 amide bonds. The number of aliphatic hydroxyl groups is 3. The van der Waals surface area contributed by atoms with Crippen molar-refractivity contribution in [1.29, 1.82) is 0 Å². The summed E-state index contributed by atoms with van der Waals surface area (Å²) in [5.74, 6) is -3.41. The van der Waals surface area contributed by atoms with Crippen molar-refractivity contribution >= 4 is 11.9 Å². The van der Waals surface area contributed by atoms with E-state index in [1.807, 2.05) is 0 Å². The Morgan fingerprint density at radius 1 is 0.800 bits per heavy atom. The van der Waals surface area contributed by atoms with Crippen molar-refractivity contribution in [1.82, 2.24) is 5.48 Å². The lowest BCUT2D eigenvalue weighted by atomic mass is 10.0. The quantitative estimate of drug-likeness (QED) is 0.125. The van der Waals surface area contributed by atoms with E-state index >= 15 is 0 Å². The molecule has 0 heterocycles. The van der Waals surface area contributed by atoms with Crippen molar-refractivity contribution in [3.63, 3.8) is 0 Å². The van der Waals surface area contributed by atoms with Crippen LogP contribution in [0.3, 0.4) is 0 Å². The first kappa shape index (κ1) is 28.3. The van der Waals surface area contributed by atoms with E-state index in [1.165, 1.54) is 64.0 Å². The average molecular weight is 434 g/mol. The number of hydrogen-bond donors (Lipinski definition) is 6. The number of aliphatic hydroxyl groups excluding tert-OH is 3. The zero-order valence-corrected chi connectivity index (χ0v) is 17.9. The highest BCUT2D eigenvalue weighted by atomic mass is 16.7. The van der Waals surface area contributed by atoms with E-state index in [0.29, 0.717) is 0 Å². The number of hydrogen-bond acceptors (Lipinski definition) is 7. The lowest BCUT2D eigenvalue weighted by Gasteiger charge is -2.24. The minimum atomic E-state index is -2.33. The van der Waals surface area contributed by atoms with Crippen LogP contribution >= 0.6 is 0 Å². The molecule has 176 valence electrons. The van der Waals surface area contributed by atoms with E-state index in [0.717, 1.165) is 19.3 Å². The first-order valence-corrected chi connectivity index (χ1v) is 10.9. The van der Waals surface area contributed by atoms with Gasteiger partial charge in [-0.15, -0.1) is 0 Å². The van der Waals surface area contributed by atoms with Crippen LogP contribution in [-0.2, 0) is 14.4 Å². The Hall–Kier alpha value is -1.68. The van der Waals surface area contributed by atoms with Crippen LogP contribution in [0.5, 0.6) is 0 Å². The smallest absolute Gasteiger partial charge is 0.338 e. The highest BCUT2D eigenvalue weighted by Crippen LogP contribution is 2.12. The SMILES string of the molecule is CCCCCCCCCCCCC/C=C/NO[C@@H](C(=O)O)[C@@H](O)[C@H](O)[C@H](O)C(=O)O. The van der Waals surface area contributed by atoms with Crippen molar-refractivity contribution in [3.8, 4) is 0 Å². The van der Waals surface area contributed by atoms with Crippen LogP contribution in [0.15, 0.2) is 12.3 Å². The van der Waals surface area contributed by atoms with E-state index in [4.69, 9.17) is 15.1 Å². The molecular weight excluding hydrogens is 394 g/mol. The normalized spacial score (nSPS) is 15.6. The third kappa shape index (κ3) is 13.5. The molecule has 0 fully saturated rings. The summed E-state index contributed by atoms with van der Waals surface area (Å²) in [6.07, 6.45) is 8.98. The van der Waals surface area contributed by atoms with Gasteiger partial charge in [0.1, 0.15) is 12.2 Å². The molecule has 0 rings (SSSR count). The number of hydroxylamine groups is 1. The molecule has 0 radical (unpaired) electrons. The number of nitrogens with one attached hydrogen (secondary N) is 1. The fraction of sp³-hybridized carbons (Fsp3) is 0.810. The number of carboxylic acid groups (broad SMARTS) is 2. The molecule has 9 nitrogen and oxygen atoms in total. The summed E-state index contributed by atoms with van der Waals surface area (Å²) in [6, 6.07) is 0. The number of rotatable bonds is 20. The Kier molecular flexibility index (Phi) is 17.1. The van der Waals surface area contributed by atoms with Crippen LogP contribution in [0.4, 0.5) is 0 Å². The summed E-state index contributed by atoms with van der Waals surface area (Å²) >= 11 is 0. The molecule has 0 unspecified atom stereocenters. The van der Waals surface area contributed by atoms with Gasteiger partial charge >= 0.3 is 11.9 Å². The van der Waals surface area contributed by atoms with Gasteiger partial charge in [0.05, 0.1) is 0 Å². The second kappa shape index (κ2) is 18.1. The van der Waals surface area contributed by atoms with Gasteiger partial charge in [-0.1, -0.05) is 77.2 Å². The van der Waals surface area contributed by atoms with Crippen LogP contribution in [0.2, 0.25) is 0 Å². The summed E-state index contributed by atoms with van der Waals surface area (Å²) in [7, 11) is 0. The molecule has 9 heteroatoms. The fourth-order valence-corrected chi connectivity index (χ4v) is 2.95. The first-order valence-electron chi connectivity index (χ1n) is 10.9. The van der Waals surface area contributed by atoms with E-state index in [2.05, 4.69) is 12.4 Å². The summed E-state index contributed by atoms with van der Waals surface area (Å²) in [4.78, 5) is 26.5. The average Bonchev–Trinajstić information content (AvgIpc) is 2.71. The zero-order chi connectivity index (χ0) is 22.8. The standard InChI is InChI=1S/C21H39NO8/c1-2-3-4-5-6-7-8-9-10-11-12-13-14-15-22-30-19(21(28)29)17(24)16(23)18(25)20(26)27/h14-19,22-25H,2-13H2,1H3,(H,26,27)(H,28,29)/b15-14+/t16-,17-,18-,19+/m0/s1. The monoisotopic (exact) mass is 433 g/mol. The number of aliphatic carboxylic acids is 2. The molecule has 4 atom stereocenters. The largest absolute Gasteiger partial charge is 0.479 e. The van der Waals surface area contributed by atoms with Crippen LogP contribution in [0, 0.1) is 0 Å². The second-order valence-corrected chi connectivity index (χ2v) is 7.49. The van der Waals surface area contributed by atoms with Crippen molar-refractivity contribution in [2.24, 2.45) is 0 Å². The van der Waals surface area contributed by atoms with Gasteiger partial charge in [-0.25, -0.2) is 9.59 Å². The summed E-state index contributed by atoms with van der Waals surface area (Å²) < 4.78 is 0. The predicted octanol–water partition coefficient (Wildman–Crippen LogP) is 2.34. The van der Waals surface area contributed by atoms with Gasteiger partial charge < -0.3 is 25.5 Å². The number of carboxylic acids is 2. The molecule has 0 saturated carbocycles. The molecule has 0 aromatic carbocycles. The summed E-state index contributed by atoms with van der Waals surface area (Å²) in [5, 5.41) is 46.1. The summed E-state index contributed by atoms with van der Waals surface area (Å²) in [6.45, 7) is 2.22. The second-order valence-electron chi connectivity index (χ2n) is 7.49. The molecule has 0 aliphatic heterocycles. The van der Waals surface area contributed by atoms with Crippen molar-refractivity contribution < 1.29 is 40.0 Å². The Morgan fingerprint density at radius 3 is 1.77 bits per heavy atom. The number of carbonyl (C=O) groups is 2. The predicted molar refractivity (Wildman–Crippen MR) is 112 cm³/mol. The summed E-state index contributed by atoms with van der Waals surface area (Å²) in [5.41, 5.74) is 2.25. The maximum absolute atomic E-state index is 11.1. The van der Waals surface area contributed by atoms with Gasteiger partial charge in [0.25, 0.3) is 0 Å². The highest BCUT2D eigenvalue weighted by molar-refractivity contribution is 5.75. The molecule has 30 heavy (non-hydrogen) atoms. The molecular formula is C21H39NO8. The number of allylic oxidation sites excluding steroid dienone is 1. The molecule has 0 aromatic heterocycles. The van der Waals surface area contributed by atoms with Crippen LogP contribution in [-0.4, -0.2) is 61.9 Å². The Morgan fingerprint density at radius 2 is 1.30 bits per heavy atom. The minimum absolute atomic E-state index is 0.772. The fourth-order valence-electron chi connectivity index (χ4n) is 2.95. The van der Waals surface area contributed by atoms with Gasteiger partial charge in [-0.05, 0) is 12.8 Å². The molecule has 0 bridgehead atoms. The minimum Gasteiger partial charge on any atom is -0.479 e. The van der Waals surface area contributed by atoms with Crippen molar-refractivity contribution in [2.45, 2.75) is 108 Å². The van der Waals surface area contributed by atoms with E-state index in [-0.39, 0.29) is 0 Å². The third-order valence-electron chi connectivity index (χ3n) is 4.84. The Balaban J connectivity index is 3.86. The molecule has 0 saturated heterocycles. The zero-order valence-electron chi connectivity index (χ0n) is 17.9. The topological polar surface area (TPSA) is 157 Å². The van der Waals surface area contributed by atoms with Gasteiger partial charge in [0, 0.05) is 6.20 Å². The van der Waals surface area contributed by atoms with Gasteiger partial charge in [-0.3, -0.25) is 10.3 Å². The number of unbranched alkanes of at least 4 members (excludes halogenated alkanes) is 11. The van der Waals surface area contributed by atoms with E-state index in [9.17, 15) is 24.9 Å². The Labute approximate surface area is 178 Å². The molecule has 0 aliphatic rings. The van der Waals surface area contributed by atoms with E-state index < -0.39 is 36.4 Å². The molecule has 0 aliphatic carbocycles. The first-order chi connectivity index (χ1) is 14.3. The van der Waals surface area contributed by atoms with Gasteiger partial charge in [0.15, 0.2) is 6.10 Å². The van der Waals surface area contributed by atoms with Crippen LogP contribution < -0.4 is 5.48 Å². The molecule has 0 spiro atoms. The Bertz CT molecular complexity index is 486. The van der Waals surface area contributed by atoms with Gasteiger partial charge in [-0.2, -0.15) is 0 Å². The lowest BCUT2D eigenvalue weighted by Crippen LogP contribution is -2.52.